The molecular formula is C14H11N2NaO4S2. The molecule has 0 aliphatic carbocycles. The van der Waals surface area contributed by atoms with E-state index >= 15 is 0 Å². The molecule has 2 N–H and O–H groups in total. The predicted octanol–water partition coefficient (Wildman–Crippen LogP) is -1.28. The van der Waals surface area contributed by atoms with Crippen LogP contribution in [0.15, 0.2) is 59.5 Å². The van der Waals surface area contributed by atoms with Gasteiger partial charge in [0.1, 0.15) is 10.1 Å². The van der Waals surface area contributed by atoms with Gasteiger partial charge in [0.25, 0.3) is 5.91 Å². The number of amides is 1. The summed E-state index contributed by atoms with van der Waals surface area (Å²) in [6.07, 6.45) is 0. The van der Waals surface area contributed by atoms with Gasteiger partial charge in [0.15, 0.2) is 5.11 Å². The molecule has 2 aromatic carbocycles. The molecule has 0 fully saturated rings. The number of anilines is 1. The van der Waals surface area contributed by atoms with E-state index < -0.39 is 20.9 Å². The molecule has 0 spiro atoms. The summed E-state index contributed by atoms with van der Waals surface area (Å²) in [6, 6.07) is 13.9. The second-order valence-corrected chi connectivity index (χ2v) is 5.98. The molecule has 0 unspecified atom stereocenters. The van der Waals surface area contributed by atoms with Crippen molar-refractivity contribution in [1.29, 1.82) is 0 Å². The minimum absolute atomic E-state index is 0. The van der Waals surface area contributed by atoms with Crippen molar-refractivity contribution in [3.05, 3.63) is 60.2 Å². The van der Waals surface area contributed by atoms with Crippen LogP contribution < -0.4 is 40.2 Å². The van der Waals surface area contributed by atoms with E-state index in [4.69, 9.17) is 12.2 Å². The largest absolute Gasteiger partial charge is 1.00 e. The Morgan fingerprint density at radius 2 is 1.57 bits per heavy atom. The van der Waals surface area contributed by atoms with Crippen LogP contribution in [0.1, 0.15) is 10.4 Å². The molecule has 0 saturated heterocycles. The van der Waals surface area contributed by atoms with Crippen LogP contribution in [0.4, 0.5) is 5.69 Å². The maximum atomic E-state index is 11.9. The maximum absolute atomic E-state index is 11.9. The Morgan fingerprint density at radius 3 is 2.17 bits per heavy atom. The van der Waals surface area contributed by atoms with Gasteiger partial charge in [0.05, 0.1) is 10.6 Å². The Hall–Kier alpha value is -1.29. The van der Waals surface area contributed by atoms with E-state index in [-0.39, 0.29) is 40.4 Å². The molecular weight excluding hydrogens is 347 g/mol. The van der Waals surface area contributed by atoms with Crippen molar-refractivity contribution in [3.8, 4) is 0 Å². The molecule has 0 saturated carbocycles. The van der Waals surface area contributed by atoms with Crippen molar-refractivity contribution in [2.24, 2.45) is 0 Å². The fourth-order valence-electron chi connectivity index (χ4n) is 1.71. The third-order valence-corrected chi connectivity index (χ3v) is 3.77. The van der Waals surface area contributed by atoms with Gasteiger partial charge < -0.3 is 9.87 Å². The average Bonchev–Trinajstić information content (AvgIpc) is 2.47. The number of rotatable bonds is 3. The summed E-state index contributed by atoms with van der Waals surface area (Å²) in [5.74, 6) is -0.444. The van der Waals surface area contributed by atoms with Crippen LogP contribution in [-0.2, 0) is 10.1 Å². The van der Waals surface area contributed by atoms with Crippen LogP contribution in [0, 0.1) is 0 Å². The molecule has 0 heterocycles. The number of carbonyl (C=O) groups is 1. The fourth-order valence-corrected chi connectivity index (χ4v) is 2.54. The Labute approximate surface area is 161 Å². The van der Waals surface area contributed by atoms with Crippen molar-refractivity contribution >= 4 is 39.0 Å². The van der Waals surface area contributed by atoms with Gasteiger partial charge in [-0.1, -0.05) is 30.3 Å². The van der Waals surface area contributed by atoms with E-state index in [2.05, 4.69) is 10.6 Å². The molecule has 2 aromatic rings. The number of benzene rings is 2. The quantitative estimate of drug-likeness (QED) is 0.403. The van der Waals surface area contributed by atoms with Crippen molar-refractivity contribution in [1.82, 2.24) is 5.32 Å². The first-order valence-corrected chi connectivity index (χ1v) is 7.92. The van der Waals surface area contributed by atoms with E-state index in [0.717, 1.165) is 6.07 Å². The standard InChI is InChI=1S/C14H12N2O4S2.Na/c17-13(10-6-2-1-3-7-10)16-14(21)15-11-8-4-5-9-12(11)22(18,19)20;/h1-9H,(H,18,19,20)(H2,15,16,17,21);/q;+1/p-1. The zero-order chi connectivity index (χ0) is 16.2. The Balaban J connectivity index is 0.00000264. The Bertz CT molecular complexity index is 811. The minimum atomic E-state index is -4.64. The molecule has 9 heteroatoms. The summed E-state index contributed by atoms with van der Waals surface area (Å²) in [5, 5.41) is 4.84. The van der Waals surface area contributed by atoms with Crippen molar-refractivity contribution in [2.75, 3.05) is 5.32 Å². The van der Waals surface area contributed by atoms with Gasteiger partial charge in [-0.05, 0) is 36.5 Å². The molecule has 0 aromatic heterocycles. The van der Waals surface area contributed by atoms with Crippen LogP contribution in [-0.4, -0.2) is 24.0 Å². The molecule has 1 amide bonds. The van der Waals surface area contributed by atoms with E-state index in [9.17, 15) is 17.8 Å². The first-order chi connectivity index (χ1) is 10.4. The topological polar surface area (TPSA) is 98.3 Å². The number of nitrogens with one attached hydrogen (secondary N) is 2. The number of thiocarbonyl (C=S) groups is 1. The van der Waals surface area contributed by atoms with Gasteiger partial charge in [0.2, 0.25) is 0 Å². The Morgan fingerprint density at radius 1 is 1.00 bits per heavy atom. The molecule has 114 valence electrons. The van der Waals surface area contributed by atoms with Crippen LogP contribution in [0.5, 0.6) is 0 Å². The summed E-state index contributed by atoms with van der Waals surface area (Å²) in [4.78, 5) is 11.5. The zero-order valence-electron chi connectivity index (χ0n) is 12.1. The third kappa shape index (κ3) is 5.69. The zero-order valence-corrected chi connectivity index (χ0v) is 15.8. The van der Waals surface area contributed by atoms with Crippen molar-refractivity contribution < 1.29 is 47.3 Å². The smallest absolute Gasteiger partial charge is 0.744 e. The van der Waals surface area contributed by atoms with E-state index in [1.54, 1.807) is 36.4 Å². The van der Waals surface area contributed by atoms with Crippen LogP contribution in [0.3, 0.4) is 0 Å². The van der Waals surface area contributed by atoms with E-state index in [1.165, 1.54) is 12.1 Å². The number of carbonyl (C=O) groups excluding carboxylic acids is 1. The molecule has 6 nitrogen and oxygen atoms in total. The summed E-state index contributed by atoms with van der Waals surface area (Å²) >= 11 is 4.95. The van der Waals surface area contributed by atoms with Gasteiger partial charge in [0, 0.05) is 5.56 Å². The number of para-hydroxylation sites is 1. The molecule has 0 atom stereocenters. The van der Waals surface area contributed by atoms with Crippen molar-refractivity contribution in [2.45, 2.75) is 4.90 Å². The Kier molecular flexibility index (Phi) is 7.33. The summed E-state index contributed by atoms with van der Waals surface area (Å²) in [6.45, 7) is 0. The molecule has 23 heavy (non-hydrogen) atoms. The van der Waals surface area contributed by atoms with Gasteiger partial charge in [-0.25, -0.2) is 8.42 Å². The third-order valence-electron chi connectivity index (χ3n) is 2.67. The first kappa shape index (κ1) is 19.8. The molecule has 2 rings (SSSR count). The van der Waals surface area contributed by atoms with Gasteiger partial charge in [-0.2, -0.15) is 0 Å². The molecule has 0 aliphatic rings. The monoisotopic (exact) mass is 358 g/mol. The van der Waals surface area contributed by atoms with Crippen LogP contribution in [0.25, 0.3) is 0 Å². The van der Waals surface area contributed by atoms with E-state index in [1.807, 2.05) is 0 Å². The second-order valence-electron chi connectivity index (χ2n) is 4.22. The van der Waals surface area contributed by atoms with Gasteiger partial charge in [-0.15, -0.1) is 0 Å². The van der Waals surface area contributed by atoms with Crippen LogP contribution in [0.2, 0.25) is 0 Å². The number of hydrogen-bond donors (Lipinski definition) is 2. The molecule has 0 bridgehead atoms. The summed E-state index contributed by atoms with van der Waals surface area (Å²) in [7, 11) is -4.64. The van der Waals surface area contributed by atoms with Gasteiger partial charge >= 0.3 is 29.6 Å². The normalized spacial score (nSPS) is 10.3. The average molecular weight is 358 g/mol. The predicted molar refractivity (Wildman–Crippen MR) is 84.5 cm³/mol. The molecule has 0 aliphatic heterocycles. The van der Waals surface area contributed by atoms with Crippen molar-refractivity contribution in [3.63, 3.8) is 0 Å². The SMILES string of the molecule is O=C(NC(=S)Nc1ccccc1S(=O)(=O)[O-])c1ccccc1.[Na+]. The summed E-state index contributed by atoms with van der Waals surface area (Å²) < 4.78 is 33.5. The van der Waals surface area contributed by atoms with E-state index in [0.29, 0.717) is 5.56 Å². The summed E-state index contributed by atoms with van der Waals surface area (Å²) in [5.41, 5.74) is 0.409. The minimum Gasteiger partial charge on any atom is -0.744 e. The second kappa shape index (κ2) is 8.53. The first-order valence-electron chi connectivity index (χ1n) is 6.10. The molecule has 0 radical (unpaired) electrons. The van der Waals surface area contributed by atoms with Gasteiger partial charge in [-0.3, -0.25) is 10.1 Å². The fraction of sp³-hybridized carbons (Fsp3) is 0. The number of hydrogen-bond acceptors (Lipinski definition) is 5. The maximum Gasteiger partial charge on any atom is 1.00 e. The van der Waals surface area contributed by atoms with Crippen LogP contribution >= 0.6 is 12.2 Å².